The summed E-state index contributed by atoms with van der Waals surface area (Å²) in [6.07, 6.45) is 2.68. The van der Waals surface area contributed by atoms with Crippen LogP contribution in [0.5, 0.6) is 0 Å². The second-order valence-electron chi connectivity index (χ2n) is 5.96. The Morgan fingerprint density at radius 3 is 2.69 bits per heavy atom. The molecule has 1 heterocycles. The van der Waals surface area contributed by atoms with E-state index in [9.17, 15) is 9.90 Å². The minimum atomic E-state index is -0.861. The molecule has 0 saturated heterocycles. The summed E-state index contributed by atoms with van der Waals surface area (Å²) >= 11 is 0. The minimum Gasteiger partial charge on any atom is -0.496 e. The lowest BCUT2D eigenvalue weighted by Crippen LogP contribution is -2.19. The Labute approximate surface area is 153 Å². The topological polar surface area (TPSA) is 68.7 Å². The van der Waals surface area contributed by atoms with Gasteiger partial charge >= 0.3 is 5.97 Å². The molecule has 0 saturated carbocycles. The summed E-state index contributed by atoms with van der Waals surface area (Å²) in [4.78, 5) is 16.5. The molecule has 1 unspecified atom stereocenters. The van der Waals surface area contributed by atoms with Gasteiger partial charge in [0.1, 0.15) is 18.5 Å². The van der Waals surface area contributed by atoms with E-state index in [-0.39, 0.29) is 6.61 Å². The van der Waals surface area contributed by atoms with Crippen LogP contribution >= 0.6 is 0 Å². The van der Waals surface area contributed by atoms with E-state index in [0.717, 1.165) is 16.8 Å². The zero-order valence-corrected chi connectivity index (χ0v) is 15.2. The maximum atomic E-state index is 12.2. The molecule has 1 aromatic heterocycles. The number of aromatic nitrogens is 1. The molecule has 26 heavy (non-hydrogen) atoms. The molecular formula is C21H23NO4. The van der Waals surface area contributed by atoms with Crippen molar-refractivity contribution in [2.24, 2.45) is 0 Å². The molecule has 5 heteroatoms. The van der Waals surface area contributed by atoms with Crippen LogP contribution in [0.2, 0.25) is 0 Å². The van der Waals surface area contributed by atoms with Gasteiger partial charge in [0.05, 0.1) is 18.4 Å². The molecule has 1 aromatic carbocycles. The monoisotopic (exact) mass is 353 g/mol. The highest BCUT2D eigenvalue weighted by molar-refractivity contribution is 5.92. The van der Waals surface area contributed by atoms with Gasteiger partial charge in [0.2, 0.25) is 0 Å². The zero-order chi connectivity index (χ0) is 19.1. The summed E-state index contributed by atoms with van der Waals surface area (Å²) in [6.45, 7) is 7.02. The number of ether oxygens (including phenoxy) is 2. The first-order chi connectivity index (χ1) is 12.4. The van der Waals surface area contributed by atoms with E-state index in [2.05, 4.69) is 11.6 Å². The van der Waals surface area contributed by atoms with Crippen molar-refractivity contribution in [2.45, 2.75) is 20.0 Å². The van der Waals surface area contributed by atoms with Crippen LogP contribution in [0.15, 0.2) is 54.7 Å². The summed E-state index contributed by atoms with van der Waals surface area (Å²) < 4.78 is 10.6. The van der Waals surface area contributed by atoms with E-state index >= 15 is 0 Å². The van der Waals surface area contributed by atoms with Gasteiger partial charge in [0.15, 0.2) is 0 Å². The molecular weight excluding hydrogens is 330 g/mol. The van der Waals surface area contributed by atoms with Crippen molar-refractivity contribution in [3.63, 3.8) is 0 Å². The number of carbonyl (C=O) groups is 1. The Balaban J connectivity index is 2.19. The van der Waals surface area contributed by atoms with Crippen molar-refractivity contribution in [1.29, 1.82) is 0 Å². The van der Waals surface area contributed by atoms with Gasteiger partial charge in [-0.2, -0.15) is 0 Å². The maximum absolute atomic E-state index is 12.2. The van der Waals surface area contributed by atoms with Gasteiger partial charge in [-0.05, 0) is 49.2 Å². The number of aliphatic hydroxyl groups is 1. The summed E-state index contributed by atoms with van der Waals surface area (Å²) in [5.41, 5.74) is 3.35. The fraction of sp³-hybridized carbons (Fsp3) is 0.238. The molecule has 0 aliphatic heterocycles. The third-order valence-corrected chi connectivity index (χ3v) is 3.86. The van der Waals surface area contributed by atoms with Crippen LogP contribution in [0, 0.1) is 6.92 Å². The minimum absolute atomic E-state index is 0.113. The number of rotatable bonds is 7. The number of hydrogen-bond donors (Lipinski definition) is 1. The molecule has 0 amide bonds. The Hall–Kier alpha value is -2.92. The third kappa shape index (κ3) is 5.04. The number of carbonyl (C=O) groups excluding carboxylic acids is 1. The number of benzene rings is 1. The maximum Gasteiger partial charge on any atom is 0.338 e. The van der Waals surface area contributed by atoms with Gasteiger partial charge in [0.25, 0.3) is 0 Å². The van der Waals surface area contributed by atoms with Crippen molar-refractivity contribution in [1.82, 2.24) is 4.98 Å². The summed E-state index contributed by atoms with van der Waals surface area (Å²) in [5.74, 6) is 0.159. The molecule has 2 rings (SSSR count). The first-order valence-electron chi connectivity index (χ1n) is 8.20. The van der Waals surface area contributed by atoms with Crippen LogP contribution in [0.1, 0.15) is 34.1 Å². The number of methoxy groups -OCH3 is 1. The molecule has 136 valence electrons. The van der Waals surface area contributed by atoms with Crippen molar-refractivity contribution in [3.05, 3.63) is 77.1 Å². The van der Waals surface area contributed by atoms with Gasteiger partial charge in [-0.3, -0.25) is 4.98 Å². The SMILES string of the molecule is C=C(C)C(O)COC(=O)c1ccc(/C(=C\c2ccccn2)OC)cc1C. The molecule has 0 fully saturated rings. The second-order valence-corrected chi connectivity index (χ2v) is 5.96. The quantitative estimate of drug-likeness (QED) is 0.468. The summed E-state index contributed by atoms with van der Waals surface area (Å²) in [5, 5.41) is 9.67. The van der Waals surface area contributed by atoms with E-state index in [0.29, 0.717) is 16.9 Å². The van der Waals surface area contributed by atoms with Crippen molar-refractivity contribution < 1.29 is 19.4 Å². The highest BCUT2D eigenvalue weighted by atomic mass is 16.5. The fourth-order valence-electron chi connectivity index (χ4n) is 2.28. The molecule has 1 atom stereocenters. The van der Waals surface area contributed by atoms with Gasteiger partial charge in [-0.25, -0.2) is 4.79 Å². The fourth-order valence-corrected chi connectivity index (χ4v) is 2.28. The smallest absolute Gasteiger partial charge is 0.338 e. The van der Waals surface area contributed by atoms with E-state index in [1.54, 1.807) is 32.4 Å². The number of pyridine rings is 1. The van der Waals surface area contributed by atoms with Gasteiger partial charge < -0.3 is 14.6 Å². The van der Waals surface area contributed by atoms with E-state index in [4.69, 9.17) is 9.47 Å². The lowest BCUT2D eigenvalue weighted by Gasteiger charge is -2.13. The molecule has 2 aromatic rings. The number of aliphatic hydroxyl groups excluding tert-OH is 1. The summed E-state index contributed by atoms with van der Waals surface area (Å²) in [6, 6.07) is 11.0. The van der Waals surface area contributed by atoms with Crippen LogP contribution in [-0.4, -0.2) is 35.9 Å². The highest BCUT2D eigenvalue weighted by Gasteiger charge is 2.15. The van der Waals surface area contributed by atoms with E-state index in [1.165, 1.54) is 0 Å². The molecule has 0 aliphatic rings. The lowest BCUT2D eigenvalue weighted by molar-refractivity contribution is 0.0327. The van der Waals surface area contributed by atoms with Gasteiger partial charge in [-0.1, -0.05) is 18.7 Å². The zero-order valence-electron chi connectivity index (χ0n) is 15.2. The van der Waals surface area contributed by atoms with E-state index in [1.807, 2.05) is 37.3 Å². The number of esters is 1. The largest absolute Gasteiger partial charge is 0.496 e. The Bertz CT molecular complexity index is 812. The predicted octanol–water partition coefficient (Wildman–Crippen LogP) is 3.63. The lowest BCUT2D eigenvalue weighted by atomic mass is 10.0. The van der Waals surface area contributed by atoms with Crippen LogP contribution in [0.25, 0.3) is 11.8 Å². The van der Waals surface area contributed by atoms with Gasteiger partial charge in [0, 0.05) is 17.8 Å². The molecule has 5 nitrogen and oxygen atoms in total. The van der Waals surface area contributed by atoms with Gasteiger partial charge in [-0.15, -0.1) is 0 Å². The van der Waals surface area contributed by atoms with Crippen LogP contribution in [0.3, 0.4) is 0 Å². The molecule has 1 N–H and O–H groups in total. The number of aryl methyl sites for hydroxylation is 1. The summed E-state index contributed by atoms with van der Waals surface area (Å²) in [7, 11) is 1.59. The third-order valence-electron chi connectivity index (χ3n) is 3.86. The molecule has 0 radical (unpaired) electrons. The van der Waals surface area contributed by atoms with Crippen LogP contribution in [0.4, 0.5) is 0 Å². The van der Waals surface area contributed by atoms with Crippen molar-refractivity contribution >= 4 is 17.8 Å². The first-order valence-corrected chi connectivity index (χ1v) is 8.20. The average molecular weight is 353 g/mol. The first kappa shape index (κ1) is 19.4. The molecule has 0 aliphatic carbocycles. The van der Waals surface area contributed by atoms with E-state index < -0.39 is 12.1 Å². The van der Waals surface area contributed by atoms with Crippen LogP contribution in [-0.2, 0) is 9.47 Å². The Morgan fingerprint density at radius 2 is 2.12 bits per heavy atom. The Morgan fingerprint density at radius 1 is 1.35 bits per heavy atom. The molecule has 0 spiro atoms. The van der Waals surface area contributed by atoms with Crippen molar-refractivity contribution in [3.8, 4) is 0 Å². The normalized spacial score (nSPS) is 12.4. The highest BCUT2D eigenvalue weighted by Crippen LogP contribution is 2.22. The Kier molecular flexibility index (Phi) is 6.69. The number of hydrogen-bond acceptors (Lipinski definition) is 5. The number of nitrogens with zero attached hydrogens (tertiary/aromatic N) is 1. The standard InChI is InChI=1S/C21H23NO4/c1-14(2)19(23)13-26-21(24)18-9-8-16(11-15(18)3)20(25-4)12-17-7-5-6-10-22-17/h5-12,19,23H,1,13H2,2-4H3/b20-12+. The molecule has 0 bridgehead atoms. The van der Waals surface area contributed by atoms with Crippen molar-refractivity contribution in [2.75, 3.05) is 13.7 Å². The average Bonchev–Trinajstić information content (AvgIpc) is 2.64. The predicted molar refractivity (Wildman–Crippen MR) is 101 cm³/mol. The second kappa shape index (κ2) is 8.97. The van der Waals surface area contributed by atoms with Crippen LogP contribution < -0.4 is 0 Å².